The number of likely N-dealkylation sites (tertiary alicyclic amines) is 1. The van der Waals surface area contributed by atoms with Gasteiger partial charge in [0, 0.05) is 26.1 Å². The van der Waals surface area contributed by atoms with Crippen molar-refractivity contribution in [1.29, 1.82) is 0 Å². The second-order valence-electron chi connectivity index (χ2n) is 5.77. The summed E-state index contributed by atoms with van der Waals surface area (Å²) in [6, 6.07) is 0.254. The van der Waals surface area contributed by atoms with E-state index in [0.717, 1.165) is 25.8 Å². The molecule has 2 rings (SSSR count). The van der Waals surface area contributed by atoms with Crippen LogP contribution >= 0.6 is 0 Å². The zero-order valence-corrected chi connectivity index (χ0v) is 11.8. The summed E-state index contributed by atoms with van der Waals surface area (Å²) >= 11 is 0. The van der Waals surface area contributed by atoms with E-state index in [9.17, 15) is 9.59 Å². The summed E-state index contributed by atoms with van der Waals surface area (Å²) in [7, 11) is 1.86. The van der Waals surface area contributed by atoms with Gasteiger partial charge in [-0.05, 0) is 31.7 Å². The minimum atomic E-state index is 0.0561. The van der Waals surface area contributed by atoms with Crippen molar-refractivity contribution in [3.63, 3.8) is 0 Å². The van der Waals surface area contributed by atoms with Crippen LogP contribution in [0.3, 0.4) is 0 Å². The summed E-state index contributed by atoms with van der Waals surface area (Å²) in [6.07, 6.45) is 6.00. The molecule has 0 spiro atoms. The smallest absolute Gasteiger partial charge is 0.242 e. The number of nitrogens with two attached hydrogens (primary N) is 1. The Morgan fingerprint density at radius 2 is 2.11 bits per heavy atom. The van der Waals surface area contributed by atoms with Crippen LogP contribution in [0.15, 0.2) is 0 Å². The molecule has 2 unspecified atom stereocenters. The molecular formula is C14H25N3O2. The number of amides is 2. The van der Waals surface area contributed by atoms with Gasteiger partial charge in [-0.2, -0.15) is 0 Å². The van der Waals surface area contributed by atoms with Crippen LogP contribution in [0.4, 0.5) is 0 Å². The Kier molecular flexibility index (Phi) is 4.80. The highest BCUT2D eigenvalue weighted by Crippen LogP contribution is 2.27. The molecule has 108 valence electrons. The molecule has 2 atom stereocenters. The first kappa shape index (κ1) is 14.3. The van der Waals surface area contributed by atoms with Crippen molar-refractivity contribution in [3.8, 4) is 0 Å². The van der Waals surface area contributed by atoms with Crippen LogP contribution in [-0.2, 0) is 9.59 Å². The summed E-state index contributed by atoms with van der Waals surface area (Å²) in [5, 5.41) is 0. The summed E-state index contributed by atoms with van der Waals surface area (Å²) in [6.45, 7) is 1.61. The molecule has 0 aromatic carbocycles. The Morgan fingerprint density at radius 3 is 2.74 bits per heavy atom. The zero-order chi connectivity index (χ0) is 13.8. The first-order chi connectivity index (χ1) is 9.13. The van der Waals surface area contributed by atoms with E-state index in [1.165, 1.54) is 12.8 Å². The fourth-order valence-electron chi connectivity index (χ4n) is 3.30. The molecular weight excluding hydrogens is 242 g/mol. The van der Waals surface area contributed by atoms with E-state index < -0.39 is 0 Å². The van der Waals surface area contributed by atoms with Crippen molar-refractivity contribution in [3.05, 3.63) is 0 Å². The maximum Gasteiger partial charge on any atom is 0.242 e. The number of nitrogens with zero attached hydrogens (tertiary/aromatic N) is 2. The van der Waals surface area contributed by atoms with Crippen LogP contribution in [-0.4, -0.2) is 54.3 Å². The number of rotatable bonds is 4. The Bertz CT molecular complexity index is 346. The Balaban J connectivity index is 1.91. The van der Waals surface area contributed by atoms with Crippen molar-refractivity contribution in [2.24, 2.45) is 11.7 Å². The standard InChI is InChI=1S/C14H25N3O2/c1-16(12-6-3-2-5-11(12)9-15)14(19)10-17-8-4-7-13(17)18/h11-12H,2-10,15H2,1H3. The lowest BCUT2D eigenvalue weighted by molar-refractivity contribution is -0.140. The minimum absolute atomic E-state index is 0.0561. The van der Waals surface area contributed by atoms with Crippen molar-refractivity contribution in [2.75, 3.05) is 26.7 Å². The molecule has 1 aliphatic heterocycles. The van der Waals surface area contributed by atoms with Crippen LogP contribution in [0.25, 0.3) is 0 Å². The van der Waals surface area contributed by atoms with E-state index in [4.69, 9.17) is 5.73 Å². The van der Waals surface area contributed by atoms with Crippen molar-refractivity contribution < 1.29 is 9.59 Å². The van der Waals surface area contributed by atoms with Gasteiger partial charge in [-0.25, -0.2) is 0 Å². The Labute approximate surface area is 115 Å². The van der Waals surface area contributed by atoms with Crippen LogP contribution in [0.5, 0.6) is 0 Å². The maximum absolute atomic E-state index is 12.3. The lowest BCUT2D eigenvalue weighted by atomic mass is 9.83. The average molecular weight is 267 g/mol. The number of likely N-dealkylation sites (N-methyl/N-ethyl adjacent to an activating group) is 1. The lowest BCUT2D eigenvalue weighted by Gasteiger charge is -2.38. The molecule has 2 aliphatic rings. The van der Waals surface area contributed by atoms with Gasteiger partial charge in [0.2, 0.25) is 11.8 Å². The summed E-state index contributed by atoms with van der Waals surface area (Å²) in [5.74, 6) is 0.582. The molecule has 0 bridgehead atoms. The van der Waals surface area contributed by atoms with Gasteiger partial charge in [-0.15, -0.1) is 0 Å². The van der Waals surface area contributed by atoms with Crippen LogP contribution in [0.1, 0.15) is 38.5 Å². The van der Waals surface area contributed by atoms with Crippen molar-refractivity contribution in [1.82, 2.24) is 9.80 Å². The second-order valence-corrected chi connectivity index (χ2v) is 5.77. The molecule has 0 radical (unpaired) electrons. The summed E-state index contributed by atoms with van der Waals surface area (Å²) in [4.78, 5) is 27.4. The summed E-state index contributed by atoms with van der Waals surface area (Å²) in [5.41, 5.74) is 5.81. The highest BCUT2D eigenvalue weighted by atomic mass is 16.2. The van der Waals surface area contributed by atoms with E-state index in [1.54, 1.807) is 4.90 Å². The van der Waals surface area contributed by atoms with E-state index in [-0.39, 0.29) is 24.4 Å². The van der Waals surface area contributed by atoms with Crippen LogP contribution in [0.2, 0.25) is 0 Å². The normalized spacial score (nSPS) is 27.7. The molecule has 1 saturated heterocycles. The molecule has 2 fully saturated rings. The first-order valence-corrected chi connectivity index (χ1v) is 7.37. The quantitative estimate of drug-likeness (QED) is 0.810. The predicted octanol–water partition coefficient (Wildman–Crippen LogP) is 0.585. The fourth-order valence-corrected chi connectivity index (χ4v) is 3.30. The SMILES string of the molecule is CN(C(=O)CN1CCCC1=O)C1CCCCC1CN. The van der Waals surface area contributed by atoms with Gasteiger partial charge in [-0.3, -0.25) is 9.59 Å². The minimum Gasteiger partial charge on any atom is -0.341 e. The molecule has 2 N–H and O–H groups in total. The van der Waals surface area contributed by atoms with Gasteiger partial charge < -0.3 is 15.5 Å². The topological polar surface area (TPSA) is 66.6 Å². The monoisotopic (exact) mass is 267 g/mol. The number of hydrogen-bond donors (Lipinski definition) is 1. The van der Waals surface area contributed by atoms with Gasteiger partial charge in [-0.1, -0.05) is 12.8 Å². The maximum atomic E-state index is 12.3. The first-order valence-electron chi connectivity index (χ1n) is 7.37. The number of carbonyl (C=O) groups excluding carboxylic acids is 2. The molecule has 5 heteroatoms. The third-order valence-electron chi connectivity index (χ3n) is 4.56. The van der Waals surface area contributed by atoms with E-state index in [2.05, 4.69) is 0 Å². The third-order valence-corrected chi connectivity index (χ3v) is 4.56. The van der Waals surface area contributed by atoms with E-state index >= 15 is 0 Å². The third kappa shape index (κ3) is 3.26. The molecule has 19 heavy (non-hydrogen) atoms. The van der Waals surface area contributed by atoms with Crippen LogP contribution in [0, 0.1) is 5.92 Å². The second kappa shape index (κ2) is 6.37. The fraction of sp³-hybridized carbons (Fsp3) is 0.857. The number of hydrogen-bond acceptors (Lipinski definition) is 3. The molecule has 2 amide bonds. The highest BCUT2D eigenvalue weighted by molar-refractivity contribution is 5.85. The number of carbonyl (C=O) groups is 2. The van der Waals surface area contributed by atoms with Gasteiger partial charge in [0.05, 0.1) is 6.54 Å². The zero-order valence-electron chi connectivity index (χ0n) is 11.8. The molecule has 5 nitrogen and oxygen atoms in total. The molecule has 0 aromatic heterocycles. The van der Waals surface area contributed by atoms with Gasteiger partial charge in [0.1, 0.15) is 0 Å². The van der Waals surface area contributed by atoms with Crippen molar-refractivity contribution in [2.45, 2.75) is 44.6 Å². The van der Waals surface area contributed by atoms with Crippen molar-refractivity contribution >= 4 is 11.8 Å². The Hall–Kier alpha value is -1.10. The van der Waals surface area contributed by atoms with E-state index in [1.807, 2.05) is 11.9 Å². The van der Waals surface area contributed by atoms with Gasteiger partial charge in [0.25, 0.3) is 0 Å². The molecule has 0 aromatic rings. The van der Waals surface area contributed by atoms with Crippen LogP contribution < -0.4 is 5.73 Å². The predicted molar refractivity (Wildman–Crippen MR) is 73.4 cm³/mol. The average Bonchev–Trinajstić information content (AvgIpc) is 2.83. The Morgan fingerprint density at radius 1 is 1.37 bits per heavy atom. The van der Waals surface area contributed by atoms with Gasteiger partial charge in [0.15, 0.2) is 0 Å². The molecule has 1 aliphatic carbocycles. The molecule has 1 heterocycles. The van der Waals surface area contributed by atoms with E-state index in [0.29, 0.717) is 18.9 Å². The molecule has 1 saturated carbocycles. The lowest BCUT2D eigenvalue weighted by Crippen LogP contribution is -2.49. The van der Waals surface area contributed by atoms with Gasteiger partial charge >= 0.3 is 0 Å². The largest absolute Gasteiger partial charge is 0.341 e. The summed E-state index contributed by atoms with van der Waals surface area (Å²) < 4.78 is 0. The highest BCUT2D eigenvalue weighted by Gasteiger charge is 2.31.